The smallest absolute Gasteiger partial charge is 0.309 e. The van der Waals surface area contributed by atoms with Crippen molar-refractivity contribution in [3.8, 4) is 0 Å². The number of carbonyl (C=O) groups excluding carboxylic acids is 1. The van der Waals surface area contributed by atoms with Crippen molar-refractivity contribution in [2.75, 3.05) is 20.7 Å². The molecule has 100 valence electrons. The van der Waals surface area contributed by atoms with Crippen LogP contribution in [0.25, 0.3) is 0 Å². The molecule has 18 heavy (non-hydrogen) atoms. The van der Waals surface area contributed by atoms with Gasteiger partial charge in [0.05, 0.1) is 13.0 Å². The highest BCUT2D eigenvalue weighted by Crippen LogP contribution is 2.14. The van der Waals surface area contributed by atoms with E-state index in [2.05, 4.69) is 33.0 Å². The van der Waals surface area contributed by atoms with Crippen LogP contribution in [0.4, 0.5) is 0 Å². The molecule has 0 amide bonds. The van der Waals surface area contributed by atoms with Crippen molar-refractivity contribution in [2.24, 2.45) is 5.92 Å². The largest absolute Gasteiger partial charge is 0.469 e. The van der Waals surface area contributed by atoms with Crippen molar-refractivity contribution < 1.29 is 9.53 Å². The molecule has 0 spiro atoms. The molecule has 0 N–H and O–H groups in total. The Hall–Kier alpha value is -0.870. The third-order valence-electron chi connectivity index (χ3n) is 2.90. The van der Waals surface area contributed by atoms with E-state index in [4.69, 9.17) is 4.74 Å². The fourth-order valence-corrected chi connectivity index (χ4v) is 2.37. The van der Waals surface area contributed by atoms with E-state index in [0.29, 0.717) is 0 Å². The molecule has 0 aliphatic rings. The lowest BCUT2D eigenvalue weighted by Gasteiger charge is -2.21. The molecule has 0 radical (unpaired) electrons. The second-order valence-electron chi connectivity index (χ2n) is 4.46. The molecule has 1 atom stereocenters. The first-order chi connectivity index (χ1) is 8.56. The van der Waals surface area contributed by atoms with Gasteiger partial charge in [-0.15, -0.1) is 0 Å². The molecule has 1 aromatic carbocycles. The van der Waals surface area contributed by atoms with Gasteiger partial charge in [0.2, 0.25) is 0 Å². The van der Waals surface area contributed by atoms with Crippen LogP contribution in [0.15, 0.2) is 28.7 Å². The van der Waals surface area contributed by atoms with Gasteiger partial charge in [-0.1, -0.05) is 35.0 Å². The fraction of sp³-hybridized carbons (Fsp3) is 0.500. The molecular formula is C14H20BrNO2. The molecule has 1 unspecified atom stereocenters. The second-order valence-corrected chi connectivity index (χ2v) is 5.37. The summed E-state index contributed by atoms with van der Waals surface area (Å²) in [6.07, 6.45) is 0.801. The average molecular weight is 314 g/mol. The molecule has 1 aromatic rings. The molecule has 3 nitrogen and oxygen atoms in total. The number of halogens is 1. The summed E-state index contributed by atoms with van der Waals surface area (Å²) in [5, 5.41) is 0. The van der Waals surface area contributed by atoms with Crippen molar-refractivity contribution in [1.82, 2.24) is 4.90 Å². The number of hydrogen-bond acceptors (Lipinski definition) is 3. The predicted molar refractivity (Wildman–Crippen MR) is 76.3 cm³/mol. The van der Waals surface area contributed by atoms with Crippen LogP contribution < -0.4 is 0 Å². The normalized spacial score (nSPS) is 12.5. The fourth-order valence-electron chi connectivity index (χ4n) is 1.92. The Kier molecular flexibility index (Phi) is 6.36. The van der Waals surface area contributed by atoms with Gasteiger partial charge in [-0.25, -0.2) is 0 Å². The van der Waals surface area contributed by atoms with Gasteiger partial charge in [0.15, 0.2) is 0 Å². The number of nitrogens with zero attached hydrogens (tertiary/aromatic N) is 1. The lowest BCUT2D eigenvalue weighted by molar-refractivity contribution is -0.146. The van der Waals surface area contributed by atoms with E-state index in [9.17, 15) is 4.79 Å². The third-order valence-corrected chi connectivity index (χ3v) is 3.39. The highest BCUT2D eigenvalue weighted by molar-refractivity contribution is 9.10. The van der Waals surface area contributed by atoms with Gasteiger partial charge >= 0.3 is 5.97 Å². The molecule has 1 rings (SSSR count). The minimum Gasteiger partial charge on any atom is -0.469 e. The highest BCUT2D eigenvalue weighted by atomic mass is 79.9. The van der Waals surface area contributed by atoms with Crippen LogP contribution in [0.5, 0.6) is 0 Å². The van der Waals surface area contributed by atoms with Gasteiger partial charge in [0.1, 0.15) is 0 Å². The Morgan fingerprint density at radius 2 is 2.22 bits per heavy atom. The molecule has 0 bridgehead atoms. The summed E-state index contributed by atoms with van der Waals surface area (Å²) in [7, 11) is 3.46. The Balaban J connectivity index is 2.55. The van der Waals surface area contributed by atoms with Crippen molar-refractivity contribution in [1.29, 1.82) is 0 Å². The number of rotatable bonds is 6. The molecule has 0 fully saturated rings. The van der Waals surface area contributed by atoms with Crippen LogP contribution in [0.1, 0.15) is 18.9 Å². The van der Waals surface area contributed by atoms with E-state index in [1.54, 1.807) is 0 Å². The standard InChI is InChI=1S/C14H20BrNO2/c1-4-12(14(17)18-3)10-16(2)9-11-6-5-7-13(15)8-11/h5-8,12H,4,9-10H2,1-3H3. The van der Waals surface area contributed by atoms with Gasteiger partial charge in [0, 0.05) is 17.6 Å². The summed E-state index contributed by atoms with van der Waals surface area (Å²) in [4.78, 5) is 13.7. The zero-order valence-corrected chi connectivity index (χ0v) is 12.7. The van der Waals surface area contributed by atoms with Crippen molar-refractivity contribution in [3.05, 3.63) is 34.3 Å². The maximum Gasteiger partial charge on any atom is 0.309 e. The van der Waals surface area contributed by atoms with E-state index in [1.165, 1.54) is 12.7 Å². The Bertz CT molecular complexity index is 395. The van der Waals surface area contributed by atoms with Gasteiger partial charge in [-0.2, -0.15) is 0 Å². The Morgan fingerprint density at radius 1 is 1.50 bits per heavy atom. The maximum absolute atomic E-state index is 11.5. The van der Waals surface area contributed by atoms with E-state index < -0.39 is 0 Å². The maximum atomic E-state index is 11.5. The number of hydrogen-bond donors (Lipinski definition) is 0. The van der Waals surface area contributed by atoms with Gasteiger partial charge < -0.3 is 9.64 Å². The van der Waals surface area contributed by atoms with Crippen LogP contribution in [0, 0.1) is 5.92 Å². The Labute approximate surface area is 117 Å². The molecule has 0 saturated carbocycles. The molecule has 0 aliphatic heterocycles. The van der Waals surface area contributed by atoms with E-state index >= 15 is 0 Å². The van der Waals surface area contributed by atoms with Crippen LogP contribution in [-0.4, -0.2) is 31.6 Å². The van der Waals surface area contributed by atoms with Gasteiger partial charge in [-0.05, 0) is 31.2 Å². The van der Waals surface area contributed by atoms with Crippen molar-refractivity contribution in [3.63, 3.8) is 0 Å². The third kappa shape index (κ3) is 4.78. The molecule has 0 aliphatic carbocycles. The molecule has 0 aromatic heterocycles. The van der Waals surface area contributed by atoms with E-state index in [1.807, 2.05) is 26.1 Å². The van der Waals surface area contributed by atoms with Crippen molar-refractivity contribution >= 4 is 21.9 Å². The number of carbonyl (C=O) groups is 1. The first-order valence-corrected chi connectivity index (χ1v) is 6.87. The van der Waals surface area contributed by atoms with E-state index in [-0.39, 0.29) is 11.9 Å². The monoisotopic (exact) mass is 313 g/mol. The van der Waals surface area contributed by atoms with Gasteiger partial charge in [0.25, 0.3) is 0 Å². The van der Waals surface area contributed by atoms with Crippen LogP contribution in [0.3, 0.4) is 0 Å². The van der Waals surface area contributed by atoms with E-state index in [0.717, 1.165) is 24.0 Å². The van der Waals surface area contributed by atoms with Crippen LogP contribution in [-0.2, 0) is 16.1 Å². The van der Waals surface area contributed by atoms with Crippen LogP contribution in [0.2, 0.25) is 0 Å². The predicted octanol–water partition coefficient (Wildman–Crippen LogP) is 3.08. The minimum absolute atomic E-state index is 0.0489. The first kappa shape index (κ1) is 15.2. The summed E-state index contributed by atoms with van der Waals surface area (Å²) in [5.41, 5.74) is 1.23. The average Bonchev–Trinajstić information content (AvgIpc) is 2.35. The second kappa shape index (κ2) is 7.54. The summed E-state index contributed by atoms with van der Waals surface area (Å²) in [6, 6.07) is 8.20. The molecule has 0 heterocycles. The molecular weight excluding hydrogens is 294 g/mol. The summed E-state index contributed by atoms with van der Waals surface area (Å²) < 4.78 is 5.88. The SMILES string of the molecule is CCC(CN(C)Cc1cccc(Br)c1)C(=O)OC. The summed E-state index contributed by atoms with van der Waals surface area (Å²) in [5.74, 6) is -0.175. The lowest BCUT2D eigenvalue weighted by atomic mass is 10.1. The molecule has 4 heteroatoms. The zero-order chi connectivity index (χ0) is 13.5. The summed E-state index contributed by atoms with van der Waals surface area (Å²) in [6.45, 7) is 3.55. The quantitative estimate of drug-likeness (QED) is 0.756. The van der Waals surface area contributed by atoms with Gasteiger partial charge in [-0.3, -0.25) is 4.79 Å². The van der Waals surface area contributed by atoms with Crippen LogP contribution >= 0.6 is 15.9 Å². The zero-order valence-electron chi connectivity index (χ0n) is 11.1. The van der Waals surface area contributed by atoms with Crippen molar-refractivity contribution in [2.45, 2.75) is 19.9 Å². The molecule has 0 saturated heterocycles. The highest BCUT2D eigenvalue weighted by Gasteiger charge is 2.18. The Morgan fingerprint density at radius 3 is 2.78 bits per heavy atom. The first-order valence-electron chi connectivity index (χ1n) is 6.07. The number of methoxy groups -OCH3 is 1. The topological polar surface area (TPSA) is 29.5 Å². The number of benzene rings is 1. The number of esters is 1. The number of ether oxygens (including phenoxy) is 1. The lowest BCUT2D eigenvalue weighted by Crippen LogP contribution is -2.30. The minimum atomic E-state index is -0.126. The summed E-state index contributed by atoms with van der Waals surface area (Å²) >= 11 is 3.46.